The van der Waals surface area contributed by atoms with Crippen molar-refractivity contribution in [1.82, 2.24) is 39.9 Å². The van der Waals surface area contributed by atoms with Crippen LogP contribution in [0.4, 0.5) is 0 Å². The summed E-state index contributed by atoms with van der Waals surface area (Å²) in [7, 11) is 0. The molecule has 4 aliphatic heterocycles. The molecule has 0 spiro atoms. The summed E-state index contributed by atoms with van der Waals surface area (Å²) in [5.74, 6) is 0. The van der Waals surface area contributed by atoms with Crippen molar-refractivity contribution >= 4 is 92.7 Å². The molecular formula is C52H36N8Ni. The summed E-state index contributed by atoms with van der Waals surface area (Å²) in [4.78, 5) is 32.0. The standard InChI is InChI=1S/2C20H14N4.C12H8.Ni/c2*1-2-14-10-16-5-6-18(23-16)12-20-8-7-19(24-20)11-17-4-3-15(22-17)9-13(1)21-14;1-2-6-10-9(5-1)11-7-3-4-8-12(10)11;/h2*1-12,21,24H;1-8H;. The predicted molar refractivity (Wildman–Crippen MR) is 249 cm³/mol. The fourth-order valence-corrected chi connectivity index (χ4v) is 7.73. The molecule has 4 N–H and O–H groups in total. The zero-order chi connectivity index (χ0) is 39.8. The summed E-state index contributed by atoms with van der Waals surface area (Å²) >= 11 is 0. The van der Waals surface area contributed by atoms with Gasteiger partial charge in [0.15, 0.2) is 0 Å². The first-order valence-electron chi connectivity index (χ1n) is 19.8. The van der Waals surface area contributed by atoms with Crippen LogP contribution in [-0.4, -0.2) is 39.9 Å². The molecule has 8 aromatic rings. The molecule has 0 amide bonds. The molecule has 2 aromatic carbocycles. The molecule has 1 aliphatic carbocycles. The third-order valence-corrected chi connectivity index (χ3v) is 10.5. The minimum atomic E-state index is 0. The van der Waals surface area contributed by atoms with Crippen molar-refractivity contribution in [2.75, 3.05) is 0 Å². The zero-order valence-electron chi connectivity index (χ0n) is 32.6. The second kappa shape index (κ2) is 16.1. The normalized spacial score (nSPS) is 12.2. The van der Waals surface area contributed by atoms with Crippen LogP contribution in [0, 0.1) is 0 Å². The molecule has 10 heterocycles. The van der Waals surface area contributed by atoms with Gasteiger partial charge < -0.3 is 19.9 Å². The Balaban J connectivity index is 0.000000114. The largest absolute Gasteiger partial charge is 0.355 e. The van der Waals surface area contributed by atoms with Crippen LogP contribution >= 0.6 is 0 Å². The van der Waals surface area contributed by atoms with E-state index in [1.807, 2.05) is 97.1 Å². The van der Waals surface area contributed by atoms with E-state index in [0.717, 1.165) is 89.7 Å². The molecule has 0 radical (unpaired) electrons. The fraction of sp³-hybridized carbons (Fsp3) is 0. The number of aromatic nitrogens is 8. The molecular weight excluding hydrogens is 795 g/mol. The van der Waals surface area contributed by atoms with Crippen molar-refractivity contribution < 1.29 is 16.5 Å². The van der Waals surface area contributed by atoms with E-state index in [4.69, 9.17) is 0 Å². The maximum atomic E-state index is 4.63. The molecule has 13 rings (SSSR count). The van der Waals surface area contributed by atoms with Crippen LogP contribution in [0.3, 0.4) is 0 Å². The number of nitrogens with one attached hydrogen (secondary N) is 4. The first kappa shape index (κ1) is 37.4. The number of hydrogen-bond acceptors (Lipinski definition) is 4. The van der Waals surface area contributed by atoms with Crippen LogP contribution in [-0.2, 0) is 16.5 Å². The molecule has 8 nitrogen and oxygen atoms in total. The molecule has 0 atom stereocenters. The van der Waals surface area contributed by atoms with E-state index in [0.29, 0.717) is 0 Å². The SMILES string of the molecule is C1=Cc2cc3ccc(cc4nc(cc5ccc(cc1n2)[nH]5)C=C4)[nH]3.C1=Cc2cc3ccc(cc4nc(cc5ccc(cc1n2)[nH]5)C=C4)[nH]3.[Ni].c1ccc2c(c1)-c1ccccc1-2. The Bertz CT molecular complexity index is 2830. The van der Waals surface area contributed by atoms with Gasteiger partial charge in [0.25, 0.3) is 0 Å². The van der Waals surface area contributed by atoms with E-state index in [1.165, 1.54) is 22.3 Å². The molecule has 9 heteroatoms. The topological polar surface area (TPSA) is 115 Å². The Labute approximate surface area is 360 Å². The van der Waals surface area contributed by atoms with Crippen LogP contribution in [0.5, 0.6) is 0 Å². The molecule has 0 saturated heterocycles. The van der Waals surface area contributed by atoms with Crippen molar-refractivity contribution in [2.24, 2.45) is 0 Å². The van der Waals surface area contributed by atoms with Crippen LogP contribution in [0.25, 0.3) is 115 Å². The van der Waals surface area contributed by atoms with E-state index in [-0.39, 0.29) is 16.5 Å². The Morgan fingerprint density at radius 3 is 0.557 bits per heavy atom. The summed E-state index contributed by atoms with van der Waals surface area (Å²) in [5, 5.41) is 0. The summed E-state index contributed by atoms with van der Waals surface area (Å²) in [6, 6.07) is 49.8. The van der Waals surface area contributed by atoms with E-state index in [2.05, 4.69) is 137 Å². The number of rotatable bonds is 0. The molecule has 61 heavy (non-hydrogen) atoms. The van der Waals surface area contributed by atoms with Crippen molar-refractivity contribution in [3.63, 3.8) is 0 Å². The monoisotopic (exact) mass is 830 g/mol. The first-order valence-corrected chi connectivity index (χ1v) is 19.8. The fourth-order valence-electron chi connectivity index (χ4n) is 7.73. The molecule has 6 aromatic heterocycles. The predicted octanol–water partition coefficient (Wildman–Crippen LogP) is 12.6. The van der Waals surface area contributed by atoms with Gasteiger partial charge in [-0.3, -0.25) is 0 Å². The van der Waals surface area contributed by atoms with E-state index >= 15 is 0 Å². The van der Waals surface area contributed by atoms with Crippen molar-refractivity contribution in [2.45, 2.75) is 0 Å². The number of aromatic amines is 4. The van der Waals surface area contributed by atoms with Gasteiger partial charge in [0.1, 0.15) is 0 Å². The first-order chi connectivity index (χ1) is 29.6. The minimum Gasteiger partial charge on any atom is -0.355 e. The Kier molecular flexibility index (Phi) is 9.85. The summed E-state index contributed by atoms with van der Waals surface area (Å²) in [5.41, 5.74) is 21.3. The third kappa shape index (κ3) is 8.24. The second-order valence-electron chi connectivity index (χ2n) is 14.9. The van der Waals surface area contributed by atoms with Gasteiger partial charge in [-0.25, -0.2) is 19.9 Å². The number of fused-ring (bicyclic) bond motifs is 20. The number of H-pyrrole nitrogens is 4. The van der Waals surface area contributed by atoms with Gasteiger partial charge in [0, 0.05) is 60.6 Å². The maximum Gasteiger partial charge on any atom is 0.0658 e. The smallest absolute Gasteiger partial charge is 0.0658 e. The average Bonchev–Trinajstić information content (AvgIpc) is 4.09. The molecule has 0 unspecified atom stereocenters. The van der Waals surface area contributed by atoms with Gasteiger partial charge >= 0.3 is 0 Å². The molecule has 5 aliphatic rings. The van der Waals surface area contributed by atoms with Crippen molar-refractivity contribution in [3.05, 3.63) is 191 Å². The maximum absolute atomic E-state index is 4.63. The summed E-state index contributed by atoms with van der Waals surface area (Å²) in [6.45, 7) is 0. The summed E-state index contributed by atoms with van der Waals surface area (Å²) in [6.07, 6.45) is 16.2. The van der Waals surface area contributed by atoms with Gasteiger partial charge in [-0.2, -0.15) is 0 Å². The van der Waals surface area contributed by atoms with Crippen molar-refractivity contribution in [1.29, 1.82) is 0 Å². The minimum absolute atomic E-state index is 0. The van der Waals surface area contributed by atoms with Gasteiger partial charge in [0.05, 0.1) is 45.6 Å². The van der Waals surface area contributed by atoms with Crippen LogP contribution in [0.1, 0.15) is 45.6 Å². The summed E-state index contributed by atoms with van der Waals surface area (Å²) < 4.78 is 0. The number of benzene rings is 2. The Morgan fingerprint density at radius 1 is 0.230 bits per heavy atom. The van der Waals surface area contributed by atoms with Gasteiger partial charge in [0.2, 0.25) is 0 Å². The number of hydrogen-bond donors (Lipinski definition) is 4. The van der Waals surface area contributed by atoms with Gasteiger partial charge in [-0.05, 0) is 168 Å². The van der Waals surface area contributed by atoms with Gasteiger partial charge in [-0.1, -0.05) is 48.5 Å². The van der Waals surface area contributed by atoms with Crippen LogP contribution in [0.15, 0.2) is 146 Å². The van der Waals surface area contributed by atoms with Gasteiger partial charge in [-0.15, -0.1) is 0 Å². The van der Waals surface area contributed by atoms with Crippen molar-refractivity contribution in [3.8, 4) is 22.3 Å². The van der Waals surface area contributed by atoms with Crippen LogP contribution < -0.4 is 0 Å². The van der Waals surface area contributed by atoms with E-state index < -0.39 is 0 Å². The van der Waals surface area contributed by atoms with E-state index in [9.17, 15) is 0 Å². The van der Waals surface area contributed by atoms with E-state index in [1.54, 1.807) is 0 Å². The van der Waals surface area contributed by atoms with Crippen LogP contribution in [0.2, 0.25) is 0 Å². The average molecular weight is 832 g/mol. The quantitative estimate of drug-likeness (QED) is 0.114. The third-order valence-electron chi connectivity index (χ3n) is 10.5. The zero-order valence-corrected chi connectivity index (χ0v) is 33.6. The Morgan fingerprint density at radius 2 is 0.393 bits per heavy atom. The molecule has 294 valence electrons. The number of nitrogens with zero attached hydrogens (tertiary/aromatic N) is 4. The molecule has 16 bridgehead atoms. The second-order valence-corrected chi connectivity index (χ2v) is 14.9. The Hall–Kier alpha value is -7.87. The molecule has 0 fully saturated rings. The molecule has 0 saturated carbocycles.